The Balaban J connectivity index is 1.43. The molecule has 0 spiro atoms. The van der Waals surface area contributed by atoms with Crippen LogP contribution in [0, 0.1) is 0 Å². The van der Waals surface area contributed by atoms with Gasteiger partial charge < -0.3 is 29.7 Å². The number of fused-ring (bicyclic) bond motifs is 2. The molecule has 5 aromatic rings. The van der Waals surface area contributed by atoms with Gasteiger partial charge in [0.1, 0.15) is 11.3 Å². The van der Waals surface area contributed by atoms with Gasteiger partial charge in [0.2, 0.25) is 5.91 Å². The molecular weight excluding hydrogens is 472 g/mol. The maximum absolute atomic E-state index is 13.1. The van der Waals surface area contributed by atoms with E-state index in [1.165, 1.54) is 13.2 Å². The van der Waals surface area contributed by atoms with Crippen LogP contribution in [-0.4, -0.2) is 34.8 Å². The Morgan fingerprint density at radius 1 is 1.05 bits per heavy atom. The van der Waals surface area contributed by atoms with E-state index in [0.29, 0.717) is 23.9 Å². The van der Waals surface area contributed by atoms with Crippen molar-refractivity contribution in [3.63, 3.8) is 0 Å². The molecule has 0 unspecified atom stereocenters. The number of H-pyrrole nitrogens is 1. The lowest BCUT2D eigenvalue weighted by atomic mass is 9.87. The summed E-state index contributed by atoms with van der Waals surface area (Å²) in [6.45, 7) is 0.388. The van der Waals surface area contributed by atoms with E-state index >= 15 is 0 Å². The molecule has 188 valence electrons. The van der Waals surface area contributed by atoms with Gasteiger partial charge in [0.25, 0.3) is 0 Å². The minimum absolute atomic E-state index is 0.0463. The van der Waals surface area contributed by atoms with Gasteiger partial charge in [-0.25, -0.2) is 4.79 Å². The van der Waals surface area contributed by atoms with Crippen LogP contribution >= 0.6 is 0 Å². The minimum Gasteiger partial charge on any atom is -0.507 e. The number of ether oxygens (including phenoxy) is 1. The number of methoxy groups -OCH3 is 1. The first-order valence-corrected chi connectivity index (χ1v) is 11.9. The van der Waals surface area contributed by atoms with Crippen LogP contribution in [-0.2, 0) is 11.2 Å². The zero-order valence-corrected chi connectivity index (χ0v) is 20.2. The third-order valence-corrected chi connectivity index (χ3v) is 6.55. The lowest BCUT2D eigenvalue weighted by molar-refractivity contribution is -0.121. The van der Waals surface area contributed by atoms with Crippen LogP contribution in [0.25, 0.3) is 21.9 Å². The number of carbonyl (C=O) groups excluding carboxylic acids is 1. The van der Waals surface area contributed by atoms with Crippen molar-refractivity contribution in [3.8, 4) is 17.2 Å². The molecule has 2 heterocycles. The molecule has 8 nitrogen and oxygen atoms in total. The molecule has 5 rings (SSSR count). The molecule has 3 aromatic carbocycles. The Labute approximate surface area is 212 Å². The van der Waals surface area contributed by atoms with E-state index in [-0.39, 0.29) is 40.7 Å². The van der Waals surface area contributed by atoms with E-state index < -0.39 is 11.5 Å². The predicted octanol–water partition coefficient (Wildman–Crippen LogP) is 4.58. The third kappa shape index (κ3) is 4.73. The molecule has 1 atom stereocenters. The number of amides is 1. The fourth-order valence-electron chi connectivity index (χ4n) is 4.70. The van der Waals surface area contributed by atoms with Crippen molar-refractivity contribution < 1.29 is 24.2 Å². The van der Waals surface area contributed by atoms with Crippen molar-refractivity contribution in [1.29, 1.82) is 0 Å². The van der Waals surface area contributed by atoms with Gasteiger partial charge in [-0.15, -0.1) is 0 Å². The molecule has 0 saturated carbocycles. The number of phenols is 1. The van der Waals surface area contributed by atoms with Crippen LogP contribution in [0.5, 0.6) is 17.2 Å². The quantitative estimate of drug-likeness (QED) is 0.232. The number of nitrogens with one attached hydrogen (secondary N) is 2. The molecule has 0 aliphatic carbocycles. The Kier molecular flexibility index (Phi) is 6.55. The van der Waals surface area contributed by atoms with Gasteiger partial charge in [-0.3, -0.25) is 4.79 Å². The molecule has 0 bridgehead atoms. The summed E-state index contributed by atoms with van der Waals surface area (Å²) in [5.74, 6) is -1.33. The Bertz CT molecular complexity index is 1650. The highest BCUT2D eigenvalue weighted by Gasteiger charge is 2.27. The van der Waals surface area contributed by atoms with E-state index in [9.17, 15) is 19.8 Å². The second kappa shape index (κ2) is 10.1. The number of aromatic amines is 1. The number of carbonyl (C=O) groups is 1. The number of aromatic nitrogens is 1. The zero-order valence-electron chi connectivity index (χ0n) is 20.2. The van der Waals surface area contributed by atoms with Crippen LogP contribution in [0.3, 0.4) is 0 Å². The zero-order chi connectivity index (χ0) is 25.9. The number of aromatic hydroxyl groups is 2. The van der Waals surface area contributed by atoms with Gasteiger partial charge in [-0.05, 0) is 47.9 Å². The summed E-state index contributed by atoms with van der Waals surface area (Å²) in [7, 11) is 1.43. The first-order valence-electron chi connectivity index (χ1n) is 11.9. The summed E-state index contributed by atoms with van der Waals surface area (Å²) in [5.41, 5.74) is 2.02. The maximum atomic E-state index is 13.1. The molecule has 2 aromatic heterocycles. The second-order valence-electron chi connectivity index (χ2n) is 8.80. The van der Waals surface area contributed by atoms with Crippen LogP contribution in [0.4, 0.5) is 0 Å². The van der Waals surface area contributed by atoms with E-state index in [1.807, 2.05) is 30.5 Å². The molecule has 4 N–H and O–H groups in total. The van der Waals surface area contributed by atoms with Crippen LogP contribution in [0.15, 0.2) is 82.1 Å². The van der Waals surface area contributed by atoms with Crippen LogP contribution < -0.4 is 15.7 Å². The highest BCUT2D eigenvalue weighted by Crippen LogP contribution is 2.38. The molecule has 37 heavy (non-hydrogen) atoms. The number of hydrogen-bond donors (Lipinski definition) is 4. The van der Waals surface area contributed by atoms with Gasteiger partial charge >= 0.3 is 5.63 Å². The molecule has 0 aliphatic heterocycles. The first kappa shape index (κ1) is 24.0. The normalized spacial score (nSPS) is 12.0. The van der Waals surface area contributed by atoms with Gasteiger partial charge in [0.15, 0.2) is 11.5 Å². The molecular formula is C29H26N2O6. The average Bonchev–Trinajstić information content (AvgIpc) is 3.31. The fraction of sp³-hybridized carbons (Fsp3) is 0.172. The van der Waals surface area contributed by atoms with Crippen LogP contribution in [0.2, 0.25) is 0 Å². The van der Waals surface area contributed by atoms with Crippen molar-refractivity contribution >= 4 is 27.8 Å². The highest BCUT2D eigenvalue weighted by atomic mass is 16.5. The molecule has 0 fully saturated rings. The Morgan fingerprint density at radius 3 is 2.59 bits per heavy atom. The summed E-state index contributed by atoms with van der Waals surface area (Å²) in [6.07, 6.45) is 2.40. The molecule has 1 amide bonds. The van der Waals surface area contributed by atoms with Crippen molar-refractivity contribution in [2.45, 2.75) is 18.8 Å². The minimum atomic E-state index is -0.870. The molecule has 0 aliphatic rings. The van der Waals surface area contributed by atoms with Crippen molar-refractivity contribution in [2.24, 2.45) is 0 Å². The Hall–Kier alpha value is -4.72. The monoisotopic (exact) mass is 498 g/mol. The highest BCUT2D eigenvalue weighted by molar-refractivity contribution is 5.85. The standard InChI is InChI=1S/C29H26N2O6/c1-36-25-11-10-17(14-23(25)32)21(27-28(34)20-7-3-5-9-24(20)37-29(27)35)15-26(33)30-13-12-18-16-31-22-8-4-2-6-19(18)22/h2-11,14,16,21,31-32,34H,12-13,15H2,1H3,(H,30,33)/t21-/m1/s1. The van der Waals surface area contributed by atoms with Crippen molar-refractivity contribution in [2.75, 3.05) is 13.7 Å². The lowest BCUT2D eigenvalue weighted by Gasteiger charge is -2.19. The van der Waals surface area contributed by atoms with E-state index in [2.05, 4.69) is 10.3 Å². The van der Waals surface area contributed by atoms with E-state index in [0.717, 1.165) is 16.5 Å². The summed E-state index contributed by atoms with van der Waals surface area (Å²) >= 11 is 0. The molecule has 0 radical (unpaired) electrons. The maximum Gasteiger partial charge on any atom is 0.343 e. The van der Waals surface area contributed by atoms with Crippen molar-refractivity contribution in [3.05, 3.63) is 100 Å². The number of benzene rings is 3. The third-order valence-electron chi connectivity index (χ3n) is 6.55. The first-order chi connectivity index (χ1) is 18.0. The summed E-state index contributed by atoms with van der Waals surface area (Å²) in [4.78, 5) is 29.3. The average molecular weight is 499 g/mol. The summed E-state index contributed by atoms with van der Waals surface area (Å²) in [6, 6.07) is 19.2. The summed E-state index contributed by atoms with van der Waals surface area (Å²) in [5, 5.41) is 25.8. The SMILES string of the molecule is COc1ccc([C@@H](CC(=O)NCCc2c[nH]c3ccccc23)c2c(O)c3ccccc3oc2=O)cc1O. The summed E-state index contributed by atoms with van der Waals surface area (Å²) < 4.78 is 10.6. The van der Waals surface area contributed by atoms with Crippen LogP contribution in [0.1, 0.15) is 29.0 Å². The molecule has 0 saturated heterocycles. The lowest BCUT2D eigenvalue weighted by Crippen LogP contribution is -2.28. The predicted molar refractivity (Wildman–Crippen MR) is 140 cm³/mol. The fourth-order valence-corrected chi connectivity index (χ4v) is 4.70. The van der Waals surface area contributed by atoms with Gasteiger partial charge in [-0.2, -0.15) is 0 Å². The number of hydrogen-bond acceptors (Lipinski definition) is 6. The molecule has 8 heteroatoms. The van der Waals surface area contributed by atoms with E-state index in [1.54, 1.807) is 36.4 Å². The van der Waals surface area contributed by atoms with Gasteiger partial charge in [0, 0.05) is 36.0 Å². The number of phenolic OH excluding ortho intramolecular Hbond substituents is 1. The topological polar surface area (TPSA) is 125 Å². The van der Waals surface area contributed by atoms with Gasteiger partial charge in [-0.1, -0.05) is 36.4 Å². The Morgan fingerprint density at radius 2 is 1.81 bits per heavy atom. The van der Waals surface area contributed by atoms with Gasteiger partial charge in [0.05, 0.1) is 18.1 Å². The number of rotatable bonds is 8. The smallest absolute Gasteiger partial charge is 0.343 e. The number of para-hydroxylation sites is 2. The van der Waals surface area contributed by atoms with Crippen molar-refractivity contribution in [1.82, 2.24) is 10.3 Å². The second-order valence-corrected chi connectivity index (χ2v) is 8.80. The van der Waals surface area contributed by atoms with E-state index in [4.69, 9.17) is 9.15 Å². The largest absolute Gasteiger partial charge is 0.507 e.